The number of likely N-dealkylation sites (N-methyl/N-ethyl adjacent to an activating group) is 1. The second-order valence-electron chi connectivity index (χ2n) is 13.0. The molecule has 13 nitrogen and oxygen atoms in total. The summed E-state index contributed by atoms with van der Waals surface area (Å²) in [5.74, 6) is 1.41. The van der Waals surface area contributed by atoms with Gasteiger partial charge in [0.25, 0.3) is 0 Å². The van der Waals surface area contributed by atoms with Crippen LogP contribution in [0.3, 0.4) is 0 Å². The van der Waals surface area contributed by atoms with Gasteiger partial charge in [-0.1, -0.05) is 89.9 Å². The second kappa shape index (κ2) is 16.5. The fraction of sp³-hybridized carbons (Fsp3) is 0.385. The lowest BCUT2D eigenvalue weighted by Crippen LogP contribution is -2.58. The molecule has 2 heterocycles. The first kappa shape index (κ1) is 36.1. The van der Waals surface area contributed by atoms with Crippen molar-refractivity contribution in [2.75, 3.05) is 26.8 Å². The Morgan fingerprint density at radius 2 is 1.67 bits per heavy atom. The third kappa shape index (κ3) is 7.92. The first-order valence-electron chi connectivity index (χ1n) is 17.4. The smallest absolute Gasteiger partial charge is 0.410 e. The molecule has 4 aromatic rings. The van der Waals surface area contributed by atoms with Crippen LogP contribution in [0, 0.1) is 12.3 Å². The average molecular weight is 706 g/mol. The highest BCUT2D eigenvalue weighted by Crippen LogP contribution is 2.44. The summed E-state index contributed by atoms with van der Waals surface area (Å²) in [6.07, 6.45) is 5.48. The highest BCUT2D eigenvalue weighted by molar-refractivity contribution is 5.91. The van der Waals surface area contributed by atoms with Crippen LogP contribution in [-0.2, 0) is 32.2 Å². The Bertz CT molecular complexity index is 1860. The number of benzene rings is 3. The molecule has 3 amide bonds. The molecule has 6 rings (SSSR count). The summed E-state index contributed by atoms with van der Waals surface area (Å²) < 4.78 is 18.9. The van der Waals surface area contributed by atoms with Crippen LogP contribution in [0.1, 0.15) is 49.3 Å². The van der Waals surface area contributed by atoms with Crippen LogP contribution < -0.4 is 10.1 Å². The molecule has 270 valence electrons. The van der Waals surface area contributed by atoms with Crippen molar-refractivity contribution in [2.24, 2.45) is 0 Å². The van der Waals surface area contributed by atoms with Crippen LogP contribution in [0.2, 0.25) is 0 Å². The van der Waals surface area contributed by atoms with Crippen molar-refractivity contribution in [1.29, 1.82) is 0 Å². The quantitative estimate of drug-likeness (QED) is 0.193. The molecule has 0 bridgehead atoms. The number of carbonyl (C=O) groups excluding carboxylic acids is 3. The maximum absolute atomic E-state index is 14.2. The number of ether oxygens (including phenoxy) is 3. The normalized spacial score (nSPS) is 16.6. The Kier molecular flexibility index (Phi) is 11.5. The van der Waals surface area contributed by atoms with E-state index in [4.69, 9.17) is 20.6 Å². The Morgan fingerprint density at radius 3 is 2.37 bits per heavy atom. The van der Waals surface area contributed by atoms with Crippen LogP contribution in [0.4, 0.5) is 4.79 Å². The van der Waals surface area contributed by atoms with Gasteiger partial charge >= 0.3 is 12.1 Å². The SMILES string of the molecule is C#CCO[C@H](C)C(NC(=O)[C@H](C)N(C)C(=O)OCC1c2ccccc2-c2ccccc21)C(=O)N1CCC[C@H]1Cn1nnnc1OCc1ccccc1. The van der Waals surface area contributed by atoms with E-state index in [1.54, 1.807) is 18.7 Å². The van der Waals surface area contributed by atoms with Gasteiger partial charge in [0.05, 0.1) is 18.7 Å². The summed E-state index contributed by atoms with van der Waals surface area (Å²) in [5, 5.41) is 14.8. The van der Waals surface area contributed by atoms with Crippen LogP contribution in [0.5, 0.6) is 6.01 Å². The number of hydrogen-bond acceptors (Lipinski definition) is 9. The Labute approximate surface area is 303 Å². The van der Waals surface area contributed by atoms with Gasteiger partial charge in [0.2, 0.25) is 11.8 Å². The van der Waals surface area contributed by atoms with Crippen molar-refractivity contribution in [3.8, 4) is 29.5 Å². The van der Waals surface area contributed by atoms with E-state index in [1.807, 2.05) is 66.7 Å². The van der Waals surface area contributed by atoms with E-state index in [9.17, 15) is 14.4 Å². The zero-order valence-corrected chi connectivity index (χ0v) is 29.6. The molecular formula is C39H43N7O6. The van der Waals surface area contributed by atoms with Gasteiger partial charge in [0.1, 0.15) is 31.9 Å². The first-order valence-corrected chi connectivity index (χ1v) is 17.4. The standard InChI is InChI=1S/C39H43N7O6/c1-5-22-50-27(3)35(37(48)45-21-13-16-29(45)23-46-38(41-42-43-46)51-24-28-14-7-6-8-15-28)40-36(47)26(2)44(4)39(49)52-25-34-32-19-11-9-17-30(32)31-18-10-12-20-33(31)34/h1,6-12,14-15,17-20,26-27,29,34-35H,13,16,21-25H2,2-4H3,(H,40,47)/t26-,27+,29-,35?/m0/s1. The lowest BCUT2D eigenvalue weighted by molar-refractivity contribution is -0.142. The molecule has 0 spiro atoms. The van der Waals surface area contributed by atoms with Crippen LogP contribution in [-0.4, -0.2) is 99.0 Å². The maximum Gasteiger partial charge on any atom is 0.410 e. The van der Waals surface area contributed by atoms with Crippen molar-refractivity contribution in [3.63, 3.8) is 0 Å². The van der Waals surface area contributed by atoms with E-state index in [0.717, 1.165) is 34.2 Å². The van der Waals surface area contributed by atoms with Gasteiger partial charge in [0, 0.05) is 19.5 Å². The highest BCUT2D eigenvalue weighted by Gasteiger charge is 2.39. The fourth-order valence-corrected chi connectivity index (χ4v) is 6.79. The molecule has 4 atom stereocenters. The average Bonchev–Trinajstić information content (AvgIpc) is 3.91. The molecule has 0 radical (unpaired) electrons. The van der Waals surface area contributed by atoms with Gasteiger partial charge in [-0.3, -0.25) is 14.5 Å². The third-order valence-corrected chi connectivity index (χ3v) is 9.80. The van der Waals surface area contributed by atoms with Crippen molar-refractivity contribution in [1.82, 2.24) is 35.3 Å². The van der Waals surface area contributed by atoms with E-state index in [1.165, 1.54) is 16.6 Å². The van der Waals surface area contributed by atoms with Gasteiger partial charge in [-0.15, -0.1) is 6.42 Å². The molecule has 1 N–H and O–H groups in total. The number of fused-ring (bicyclic) bond motifs is 3. The summed E-state index contributed by atoms with van der Waals surface area (Å²) in [5.41, 5.74) is 5.37. The molecule has 1 aliphatic heterocycles. The number of tetrazole rings is 1. The Hall–Kier alpha value is -5.74. The minimum Gasteiger partial charge on any atom is -0.458 e. The number of terminal acetylenes is 1. The van der Waals surface area contributed by atoms with Crippen molar-refractivity contribution >= 4 is 17.9 Å². The summed E-state index contributed by atoms with van der Waals surface area (Å²) in [6.45, 7) is 4.38. The first-order chi connectivity index (χ1) is 25.3. The summed E-state index contributed by atoms with van der Waals surface area (Å²) in [4.78, 5) is 44.1. The highest BCUT2D eigenvalue weighted by atomic mass is 16.6. The lowest BCUT2D eigenvalue weighted by Gasteiger charge is -2.33. The van der Waals surface area contributed by atoms with Gasteiger partial charge < -0.3 is 24.4 Å². The predicted octanol–water partition coefficient (Wildman–Crippen LogP) is 4.04. The number of aromatic nitrogens is 4. The minimum atomic E-state index is -1.08. The van der Waals surface area contributed by atoms with E-state index >= 15 is 0 Å². The fourth-order valence-electron chi connectivity index (χ4n) is 6.79. The summed E-state index contributed by atoms with van der Waals surface area (Å²) in [7, 11) is 1.50. The third-order valence-electron chi connectivity index (χ3n) is 9.80. The molecule has 1 unspecified atom stereocenters. The molecule has 1 aliphatic carbocycles. The molecule has 1 saturated heterocycles. The molecule has 3 aromatic carbocycles. The Morgan fingerprint density at radius 1 is 1.00 bits per heavy atom. The van der Waals surface area contributed by atoms with Crippen molar-refractivity contribution in [3.05, 3.63) is 95.6 Å². The maximum atomic E-state index is 14.2. The minimum absolute atomic E-state index is 0.0494. The van der Waals surface area contributed by atoms with E-state index < -0.39 is 30.2 Å². The van der Waals surface area contributed by atoms with E-state index in [0.29, 0.717) is 19.5 Å². The van der Waals surface area contributed by atoms with Gasteiger partial charge in [0.15, 0.2) is 0 Å². The number of rotatable bonds is 14. The van der Waals surface area contributed by atoms with Crippen LogP contribution in [0.15, 0.2) is 78.9 Å². The Balaban J connectivity index is 1.09. The van der Waals surface area contributed by atoms with Crippen LogP contribution in [0.25, 0.3) is 11.1 Å². The van der Waals surface area contributed by atoms with Gasteiger partial charge in [-0.2, -0.15) is 4.68 Å². The molecule has 0 saturated carbocycles. The van der Waals surface area contributed by atoms with Gasteiger partial charge in [-0.05, 0) is 64.9 Å². The molecule has 1 fully saturated rings. The largest absolute Gasteiger partial charge is 0.458 e. The number of carbonyl (C=O) groups is 3. The van der Waals surface area contributed by atoms with E-state index in [2.05, 4.69) is 38.9 Å². The molecule has 1 aromatic heterocycles. The number of nitrogens with zero attached hydrogens (tertiary/aromatic N) is 6. The van der Waals surface area contributed by atoms with Crippen molar-refractivity contribution < 1.29 is 28.6 Å². The zero-order valence-electron chi connectivity index (χ0n) is 29.6. The van der Waals surface area contributed by atoms with E-state index in [-0.39, 0.29) is 43.7 Å². The molecular weight excluding hydrogens is 662 g/mol. The molecule has 13 heteroatoms. The second-order valence-corrected chi connectivity index (χ2v) is 13.0. The molecule has 2 aliphatic rings. The number of hydrogen-bond donors (Lipinski definition) is 1. The van der Waals surface area contributed by atoms with Crippen LogP contribution >= 0.6 is 0 Å². The van der Waals surface area contributed by atoms with Gasteiger partial charge in [-0.25, -0.2) is 4.79 Å². The van der Waals surface area contributed by atoms with Crippen molar-refractivity contribution in [2.45, 2.75) is 70.0 Å². The topological polar surface area (TPSA) is 141 Å². The molecule has 52 heavy (non-hydrogen) atoms. The zero-order chi connectivity index (χ0) is 36.6. The summed E-state index contributed by atoms with van der Waals surface area (Å²) in [6, 6.07) is 23.7. The number of nitrogens with one attached hydrogen (secondary N) is 1. The number of likely N-dealkylation sites (tertiary alicyclic amines) is 1. The predicted molar refractivity (Wildman–Crippen MR) is 192 cm³/mol. The monoisotopic (exact) mass is 705 g/mol. The summed E-state index contributed by atoms with van der Waals surface area (Å²) >= 11 is 0. The lowest BCUT2D eigenvalue weighted by atomic mass is 9.98. The number of amides is 3.